The van der Waals surface area contributed by atoms with E-state index in [1.165, 1.54) is 38.2 Å². The Labute approximate surface area is 164 Å². The Hall–Kier alpha value is -3.00. The fourth-order valence-corrected chi connectivity index (χ4v) is 4.34. The number of aromatic nitrogens is 1. The summed E-state index contributed by atoms with van der Waals surface area (Å²) in [5.41, 5.74) is 3.54. The molecule has 0 radical (unpaired) electrons. The maximum atomic E-state index is 11.7. The van der Waals surface area contributed by atoms with E-state index in [1.807, 2.05) is 25.1 Å². The standard InChI is InChI=1S/C23H24N2O3/c1-15-10-23(26)28-22-12-21(27-2)19(11-18(15)22)20-9-8-17(13-24)25(20)14-16-6-4-3-5-7-16/h8-12,16H,3-7,14H2,1-2H3. The van der Waals surface area contributed by atoms with E-state index in [-0.39, 0.29) is 5.63 Å². The van der Waals surface area contributed by atoms with Crippen LogP contribution in [0.1, 0.15) is 43.4 Å². The third kappa shape index (κ3) is 3.31. The average Bonchev–Trinajstić information content (AvgIpc) is 3.10. The van der Waals surface area contributed by atoms with Crippen molar-refractivity contribution < 1.29 is 9.15 Å². The van der Waals surface area contributed by atoms with E-state index in [9.17, 15) is 10.1 Å². The molecule has 0 saturated heterocycles. The zero-order valence-electron chi connectivity index (χ0n) is 16.3. The Morgan fingerprint density at radius 2 is 2.00 bits per heavy atom. The van der Waals surface area contributed by atoms with Gasteiger partial charge in [-0.05, 0) is 49.4 Å². The molecule has 144 valence electrons. The van der Waals surface area contributed by atoms with Gasteiger partial charge in [-0.1, -0.05) is 19.3 Å². The van der Waals surface area contributed by atoms with Crippen LogP contribution in [0, 0.1) is 24.2 Å². The van der Waals surface area contributed by atoms with Gasteiger partial charge in [0.15, 0.2) is 0 Å². The molecule has 3 aromatic rings. The fourth-order valence-electron chi connectivity index (χ4n) is 4.34. The summed E-state index contributed by atoms with van der Waals surface area (Å²) in [7, 11) is 1.61. The van der Waals surface area contributed by atoms with Crippen LogP contribution in [-0.2, 0) is 6.54 Å². The van der Waals surface area contributed by atoms with Crippen LogP contribution >= 0.6 is 0 Å². The zero-order chi connectivity index (χ0) is 19.7. The molecule has 0 bridgehead atoms. The summed E-state index contributed by atoms with van der Waals surface area (Å²) in [6.45, 7) is 2.74. The summed E-state index contributed by atoms with van der Waals surface area (Å²) in [5.74, 6) is 1.23. The molecule has 1 saturated carbocycles. The number of aryl methyl sites for hydroxylation is 1. The molecule has 1 aromatic carbocycles. The minimum Gasteiger partial charge on any atom is -0.496 e. The van der Waals surface area contributed by atoms with Crippen LogP contribution in [-0.4, -0.2) is 11.7 Å². The first-order valence-corrected chi connectivity index (χ1v) is 9.83. The molecule has 0 spiro atoms. The number of nitriles is 1. The second kappa shape index (κ2) is 7.55. The maximum absolute atomic E-state index is 11.7. The monoisotopic (exact) mass is 376 g/mol. The lowest BCUT2D eigenvalue weighted by molar-refractivity contribution is 0.320. The highest BCUT2D eigenvalue weighted by Crippen LogP contribution is 2.37. The number of methoxy groups -OCH3 is 1. The van der Waals surface area contributed by atoms with Gasteiger partial charge >= 0.3 is 5.63 Å². The van der Waals surface area contributed by atoms with Crippen molar-refractivity contribution >= 4 is 11.0 Å². The van der Waals surface area contributed by atoms with E-state index in [1.54, 1.807) is 13.2 Å². The molecule has 0 amide bonds. The predicted octanol–water partition coefficient (Wildman–Crippen LogP) is 5.03. The van der Waals surface area contributed by atoms with Crippen LogP contribution in [0.5, 0.6) is 5.75 Å². The van der Waals surface area contributed by atoms with Gasteiger partial charge in [0.05, 0.1) is 12.8 Å². The summed E-state index contributed by atoms with van der Waals surface area (Å²) in [5, 5.41) is 10.5. The van der Waals surface area contributed by atoms with Crippen molar-refractivity contribution in [3.8, 4) is 23.1 Å². The normalized spacial score (nSPS) is 14.9. The van der Waals surface area contributed by atoms with Gasteiger partial charge < -0.3 is 13.7 Å². The molecular formula is C23H24N2O3. The second-order valence-electron chi connectivity index (χ2n) is 7.63. The Morgan fingerprint density at radius 1 is 1.21 bits per heavy atom. The fraction of sp³-hybridized carbons (Fsp3) is 0.391. The van der Waals surface area contributed by atoms with Crippen LogP contribution < -0.4 is 10.4 Å². The molecule has 1 aliphatic carbocycles. The highest BCUT2D eigenvalue weighted by atomic mass is 16.5. The van der Waals surface area contributed by atoms with E-state index in [0.29, 0.717) is 22.9 Å². The van der Waals surface area contributed by atoms with Crippen molar-refractivity contribution in [2.24, 2.45) is 5.92 Å². The van der Waals surface area contributed by atoms with Crippen molar-refractivity contribution in [2.45, 2.75) is 45.6 Å². The van der Waals surface area contributed by atoms with Gasteiger partial charge in [0.1, 0.15) is 23.1 Å². The Bertz CT molecular complexity index is 1110. The highest BCUT2D eigenvalue weighted by molar-refractivity contribution is 5.88. The number of rotatable bonds is 4. The molecule has 0 atom stereocenters. The van der Waals surface area contributed by atoms with Crippen molar-refractivity contribution in [1.29, 1.82) is 5.26 Å². The Morgan fingerprint density at radius 3 is 2.71 bits per heavy atom. The third-order valence-electron chi connectivity index (χ3n) is 5.81. The minimum atomic E-state index is -0.368. The average molecular weight is 376 g/mol. The molecule has 1 aliphatic rings. The van der Waals surface area contributed by atoms with E-state index >= 15 is 0 Å². The molecule has 0 aliphatic heterocycles. The van der Waals surface area contributed by atoms with Crippen LogP contribution in [0.25, 0.3) is 22.2 Å². The lowest BCUT2D eigenvalue weighted by Crippen LogP contribution is -2.16. The first kappa shape index (κ1) is 18.4. The number of hydrogen-bond donors (Lipinski definition) is 0. The molecule has 0 N–H and O–H groups in total. The largest absolute Gasteiger partial charge is 0.496 e. The van der Waals surface area contributed by atoms with Gasteiger partial charge in [-0.3, -0.25) is 0 Å². The van der Waals surface area contributed by atoms with Gasteiger partial charge in [-0.2, -0.15) is 5.26 Å². The minimum absolute atomic E-state index is 0.368. The second-order valence-corrected chi connectivity index (χ2v) is 7.63. The number of nitrogens with zero attached hydrogens (tertiary/aromatic N) is 2. The molecule has 5 nitrogen and oxygen atoms in total. The topological polar surface area (TPSA) is 68.2 Å². The first-order valence-electron chi connectivity index (χ1n) is 9.83. The molecule has 1 fully saturated rings. The summed E-state index contributed by atoms with van der Waals surface area (Å²) in [6.07, 6.45) is 6.26. The number of benzene rings is 1. The van der Waals surface area contributed by atoms with Crippen LogP contribution in [0.2, 0.25) is 0 Å². The number of hydrogen-bond acceptors (Lipinski definition) is 4. The lowest BCUT2D eigenvalue weighted by Gasteiger charge is -2.24. The summed E-state index contributed by atoms with van der Waals surface area (Å²) < 4.78 is 13.1. The quantitative estimate of drug-likeness (QED) is 0.599. The number of ether oxygens (including phenoxy) is 1. The molecular weight excluding hydrogens is 352 g/mol. The molecule has 4 rings (SSSR count). The molecule has 0 unspecified atom stereocenters. The van der Waals surface area contributed by atoms with E-state index < -0.39 is 0 Å². The van der Waals surface area contributed by atoms with Crippen molar-refractivity contribution in [3.05, 3.63) is 52.0 Å². The summed E-state index contributed by atoms with van der Waals surface area (Å²) in [6, 6.07) is 11.5. The molecule has 5 heteroatoms. The van der Waals surface area contributed by atoms with E-state index in [0.717, 1.165) is 28.8 Å². The lowest BCUT2D eigenvalue weighted by atomic mass is 9.89. The van der Waals surface area contributed by atoms with Crippen LogP contribution in [0.3, 0.4) is 0 Å². The van der Waals surface area contributed by atoms with E-state index in [2.05, 4.69) is 10.6 Å². The van der Waals surface area contributed by atoms with Crippen molar-refractivity contribution in [1.82, 2.24) is 4.57 Å². The van der Waals surface area contributed by atoms with Gasteiger partial charge in [0.25, 0.3) is 0 Å². The maximum Gasteiger partial charge on any atom is 0.336 e. The van der Waals surface area contributed by atoms with Crippen LogP contribution in [0.4, 0.5) is 0 Å². The smallest absolute Gasteiger partial charge is 0.336 e. The zero-order valence-corrected chi connectivity index (χ0v) is 16.3. The van der Waals surface area contributed by atoms with Gasteiger partial charge in [-0.25, -0.2) is 4.79 Å². The van der Waals surface area contributed by atoms with E-state index in [4.69, 9.17) is 9.15 Å². The molecule has 28 heavy (non-hydrogen) atoms. The Balaban J connectivity index is 1.86. The summed E-state index contributed by atoms with van der Waals surface area (Å²) >= 11 is 0. The predicted molar refractivity (Wildman–Crippen MR) is 108 cm³/mol. The molecule has 2 heterocycles. The van der Waals surface area contributed by atoms with Crippen molar-refractivity contribution in [3.63, 3.8) is 0 Å². The highest BCUT2D eigenvalue weighted by Gasteiger charge is 2.20. The van der Waals surface area contributed by atoms with Crippen LogP contribution in [0.15, 0.2) is 39.5 Å². The van der Waals surface area contributed by atoms with Gasteiger partial charge in [0.2, 0.25) is 0 Å². The van der Waals surface area contributed by atoms with Gasteiger partial charge in [-0.15, -0.1) is 0 Å². The van der Waals surface area contributed by atoms with Gasteiger partial charge in [0, 0.05) is 29.6 Å². The summed E-state index contributed by atoms with van der Waals surface area (Å²) in [4.78, 5) is 11.7. The third-order valence-corrected chi connectivity index (χ3v) is 5.81. The van der Waals surface area contributed by atoms with Crippen molar-refractivity contribution in [2.75, 3.05) is 7.11 Å². The molecule has 2 aromatic heterocycles. The first-order chi connectivity index (χ1) is 13.6. The SMILES string of the molecule is COc1cc2oc(=O)cc(C)c2cc1-c1ccc(C#N)n1CC1CCCCC1. The Kier molecular flexibility index (Phi) is 4.95. The number of fused-ring (bicyclic) bond motifs is 1.